The van der Waals surface area contributed by atoms with E-state index in [1.165, 1.54) is 12.1 Å². The Balaban J connectivity index is 2.01. The van der Waals surface area contributed by atoms with E-state index in [9.17, 15) is 14.3 Å². The van der Waals surface area contributed by atoms with Gasteiger partial charge in [0.05, 0.1) is 17.2 Å². The van der Waals surface area contributed by atoms with Crippen LogP contribution in [0.3, 0.4) is 0 Å². The molecule has 1 saturated heterocycles. The van der Waals surface area contributed by atoms with E-state index in [0.717, 1.165) is 0 Å². The normalized spacial score (nSPS) is 16.4. The Morgan fingerprint density at radius 2 is 2.05 bits per heavy atom. The SMILES string of the molecule is Cc1cc(C(=O)N2CCC(O)CC2)c2ccc(F)cc2n1. The maximum Gasteiger partial charge on any atom is 0.254 e. The number of aliphatic hydroxyl groups excluding tert-OH is 1. The standard InChI is InChI=1S/C16H17FN2O2/c1-10-8-14(13-3-2-11(17)9-15(13)18-10)16(21)19-6-4-12(20)5-7-19/h2-3,8-9,12,20H,4-7H2,1H3. The molecule has 1 aliphatic rings. The molecule has 3 rings (SSSR count). The maximum absolute atomic E-state index is 13.3. The maximum atomic E-state index is 13.3. The molecular formula is C16H17FN2O2. The highest BCUT2D eigenvalue weighted by Gasteiger charge is 2.24. The van der Waals surface area contributed by atoms with Crippen LogP contribution >= 0.6 is 0 Å². The molecule has 0 bridgehead atoms. The van der Waals surface area contributed by atoms with E-state index in [4.69, 9.17) is 0 Å². The summed E-state index contributed by atoms with van der Waals surface area (Å²) in [5.74, 6) is -0.441. The minimum absolute atomic E-state index is 0.0796. The molecule has 1 amide bonds. The fraction of sp³-hybridized carbons (Fsp3) is 0.375. The Hall–Kier alpha value is -2.01. The van der Waals surface area contributed by atoms with Crippen molar-refractivity contribution in [2.75, 3.05) is 13.1 Å². The van der Waals surface area contributed by atoms with E-state index >= 15 is 0 Å². The molecule has 5 heteroatoms. The summed E-state index contributed by atoms with van der Waals surface area (Å²) < 4.78 is 13.3. The third kappa shape index (κ3) is 2.74. The van der Waals surface area contributed by atoms with Gasteiger partial charge in [-0.1, -0.05) is 0 Å². The fourth-order valence-corrected chi connectivity index (χ4v) is 2.75. The van der Waals surface area contributed by atoms with Crippen LogP contribution in [0.1, 0.15) is 28.9 Å². The zero-order valence-electron chi connectivity index (χ0n) is 11.8. The number of carbonyl (C=O) groups excluding carboxylic acids is 1. The van der Waals surface area contributed by atoms with Crippen LogP contribution in [-0.2, 0) is 0 Å². The molecule has 2 heterocycles. The van der Waals surface area contributed by atoms with Crippen LogP contribution in [0.25, 0.3) is 10.9 Å². The summed E-state index contributed by atoms with van der Waals surface area (Å²) in [4.78, 5) is 18.7. The number of benzene rings is 1. The molecule has 2 aromatic rings. The van der Waals surface area contributed by atoms with Crippen molar-refractivity contribution in [2.24, 2.45) is 0 Å². The third-order valence-corrected chi connectivity index (χ3v) is 3.88. The first-order valence-electron chi connectivity index (χ1n) is 7.09. The summed E-state index contributed by atoms with van der Waals surface area (Å²) >= 11 is 0. The number of aliphatic hydroxyl groups is 1. The lowest BCUT2D eigenvalue weighted by Crippen LogP contribution is -2.40. The van der Waals surface area contributed by atoms with Crippen LogP contribution in [0.4, 0.5) is 4.39 Å². The lowest BCUT2D eigenvalue weighted by molar-refractivity contribution is 0.0548. The van der Waals surface area contributed by atoms with Gasteiger partial charge in [-0.2, -0.15) is 0 Å². The highest BCUT2D eigenvalue weighted by atomic mass is 19.1. The number of amides is 1. The molecule has 21 heavy (non-hydrogen) atoms. The van der Waals surface area contributed by atoms with Gasteiger partial charge in [0.1, 0.15) is 5.82 Å². The zero-order chi connectivity index (χ0) is 15.0. The largest absolute Gasteiger partial charge is 0.393 e. The number of likely N-dealkylation sites (tertiary alicyclic amines) is 1. The molecule has 0 atom stereocenters. The van der Waals surface area contributed by atoms with Crippen molar-refractivity contribution in [2.45, 2.75) is 25.9 Å². The van der Waals surface area contributed by atoms with Crippen molar-refractivity contribution in [1.82, 2.24) is 9.88 Å². The molecule has 0 spiro atoms. The van der Waals surface area contributed by atoms with Gasteiger partial charge in [-0.05, 0) is 38.0 Å². The van der Waals surface area contributed by atoms with Crippen LogP contribution in [0.5, 0.6) is 0 Å². The lowest BCUT2D eigenvalue weighted by atomic mass is 10.0. The van der Waals surface area contributed by atoms with E-state index in [2.05, 4.69) is 4.98 Å². The van der Waals surface area contributed by atoms with Crippen LogP contribution in [0.15, 0.2) is 24.3 Å². The first-order chi connectivity index (χ1) is 10.0. The number of hydrogen-bond acceptors (Lipinski definition) is 3. The second kappa shape index (κ2) is 5.41. The number of halogens is 1. The van der Waals surface area contributed by atoms with Crippen LogP contribution < -0.4 is 0 Å². The van der Waals surface area contributed by atoms with E-state index in [0.29, 0.717) is 48.1 Å². The van der Waals surface area contributed by atoms with E-state index in [-0.39, 0.29) is 17.8 Å². The molecule has 110 valence electrons. The third-order valence-electron chi connectivity index (χ3n) is 3.88. The van der Waals surface area contributed by atoms with Crippen molar-refractivity contribution >= 4 is 16.8 Å². The minimum Gasteiger partial charge on any atom is -0.393 e. The number of aromatic nitrogens is 1. The molecule has 1 N–H and O–H groups in total. The van der Waals surface area contributed by atoms with E-state index in [1.54, 1.807) is 24.0 Å². The van der Waals surface area contributed by atoms with Gasteiger partial charge in [0.15, 0.2) is 0 Å². The minimum atomic E-state index is -0.361. The Morgan fingerprint density at radius 3 is 2.76 bits per heavy atom. The smallest absolute Gasteiger partial charge is 0.254 e. The Labute approximate surface area is 122 Å². The van der Waals surface area contributed by atoms with Crippen molar-refractivity contribution < 1.29 is 14.3 Å². The van der Waals surface area contributed by atoms with Gasteiger partial charge >= 0.3 is 0 Å². The quantitative estimate of drug-likeness (QED) is 0.876. The topological polar surface area (TPSA) is 53.4 Å². The fourth-order valence-electron chi connectivity index (χ4n) is 2.75. The van der Waals surface area contributed by atoms with Crippen molar-refractivity contribution in [3.8, 4) is 0 Å². The summed E-state index contributed by atoms with van der Waals surface area (Å²) in [5.41, 5.74) is 1.73. The summed E-state index contributed by atoms with van der Waals surface area (Å²) in [7, 11) is 0. The number of pyridine rings is 1. The number of nitrogens with zero attached hydrogens (tertiary/aromatic N) is 2. The predicted octanol–water partition coefficient (Wildman–Crippen LogP) is 2.28. The summed E-state index contributed by atoms with van der Waals surface area (Å²) in [6, 6.07) is 6.03. The second-order valence-corrected chi connectivity index (χ2v) is 5.50. The zero-order valence-corrected chi connectivity index (χ0v) is 11.8. The number of piperidine rings is 1. The average Bonchev–Trinajstić information content (AvgIpc) is 2.46. The van der Waals surface area contributed by atoms with Gasteiger partial charge in [0, 0.05) is 30.2 Å². The number of carbonyl (C=O) groups is 1. The molecule has 0 unspecified atom stereocenters. The number of rotatable bonds is 1. The van der Waals surface area contributed by atoms with Crippen LogP contribution in [-0.4, -0.2) is 40.1 Å². The van der Waals surface area contributed by atoms with E-state index < -0.39 is 0 Å². The Bertz CT molecular complexity index is 689. The Kier molecular flexibility index (Phi) is 3.59. The lowest BCUT2D eigenvalue weighted by Gasteiger charge is -2.30. The predicted molar refractivity (Wildman–Crippen MR) is 77.6 cm³/mol. The first kappa shape index (κ1) is 13.9. The number of fused-ring (bicyclic) bond motifs is 1. The molecule has 4 nitrogen and oxygen atoms in total. The van der Waals surface area contributed by atoms with E-state index in [1.807, 2.05) is 0 Å². The number of aryl methyl sites for hydroxylation is 1. The second-order valence-electron chi connectivity index (χ2n) is 5.50. The molecule has 1 aliphatic heterocycles. The van der Waals surface area contributed by atoms with Gasteiger partial charge in [0.25, 0.3) is 5.91 Å². The summed E-state index contributed by atoms with van der Waals surface area (Å²) in [5, 5.41) is 10.2. The summed E-state index contributed by atoms with van der Waals surface area (Å²) in [6.07, 6.45) is 0.879. The highest BCUT2D eigenvalue weighted by Crippen LogP contribution is 2.22. The molecule has 1 aromatic heterocycles. The highest BCUT2D eigenvalue weighted by molar-refractivity contribution is 6.06. The molecular weight excluding hydrogens is 271 g/mol. The van der Waals surface area contributed by atoms with Gasteiger partial charge in [-0.25, -0.2) is 4.39 Å². The van der Waals surface area contributed by atoms with Crippen molar-refractivity contribution in [1.29, 1.82) is 0 Å². The molecule has 1 aromatic carbocycles. The molecule has 0 radical (unpaired) electrons. The Morgan fingerprint density at radius 1 is 1.33 bits per heavy atom. The van der Waals surface area contributed by atoms with Gasteiger partial charge in [-0.15, -0.1) is 0 Å². The molecule has 1 fully saturated rings. The van der Waals surface area contributed by atoms with Gasteiger partial charge in [0.2, 0.25) is 0 Å². The molecule has 0 saturated carbocycles. The van der Waals surface area contributed by atoms with Crippen molar-refractivity contribution in [3.05, 3.63) is 41.3 Å². The van der Waals surface area contributed by atoms with Crippen LogP contribution in [0, 0.1) is 12.7 Å². The van der Waals surface area contributed by atoms with Crippen LogP contribution in [0.2, 0.25) is 0 Å². The van der Waals surface area contributed by atoms with Gasteiger partial charge < -0.3 is 10.0 Å². The van der Waals surface area contributed by atoms with Crippen molar-refractivity contribution in [3.63, 3.8) is 0 Å². The average molecular weight is 288 g/mol. The number of hydrogen-bond donors (Lipinski definition) is 1. The monoisotopic (exact) mass is 288 g/mol. The first-order valence-corrected chi connectivity index (χ1v) is 7.09. The van der Waals surface area contributed by atoms with Gasteiger partial charge in [-0.3, -0.25) is 9.78 Å². The summed E-state index contributed by atoms with van der Waals surface area (Å²) in [6.45, 7) is 2.88. The molecule has 0 aliphatic carbocycles.